The Morgan fingerprint density at radius 1 is 1.08 bits per heavy atom. The number of methoxy groups -OCH3 is 2. The summed E-state index contributed by atoms with van der Waals surface area (Å²) in [5.74, 6) is 1.27. The van der Waals surface area contributed by atoms with Crippen LogP contribution in [0.4, 0.5) is 4.79 Å². The Kier molecular flexibility index (Phi) is 6.89. The number of allylic oxidation sites excluding steroid dienone is 1. The molecule has 0 aromatic heterocycles. The van der Waals surface area contributed by atoms with E-state index >= 15 is 0 Å². The largest absolute Gasteiger partial charge is 0.497 e. The highest BCUT2D eigenvalue weighted by molar-refractivity contribution is 5.95. The predicted molar refractivity (Wildman–Crippen MR) is 98.4 cm³/mol. The van der Waals surface area contributed by atoms with Crippen LogP contribution < -0.4 is 9.47 Å². The fraction of sp³-hybridized carbons (Fsp3) is 0.474. The van der Waals surface area contributed by atoms with Crippen molar-refractivity contribution in [3.05, 3.63) is 29.8 Å². The third kappa shape index (κ3) is 4.68. The SMILES string of the molecule is CCOC(=O)N1CCN(C(=O)/C=C(\C)c2ccc(OC)cc2OC)CC1. The summed E-state index contributed by atoms with van der Waals surface area (Å²) in [5, 5.41) is 0. The number of piperazine rings is 1. The van der Waals surface area contributed by atoms with E-state index in [4.69, 9.17) is 14.2 Å². The zero-order valence-corrected chi connectivity index (χ0v) is 15.8. The van der Waals surface area contributed by atoms with Gasteiger partial charge >= 0.3 is 6.09 Å². The van der Waals surface area contributed by atoms with Gasteiger partial charge in [-0.2, -0.15) is 0 Å². The van der Waals surface area contributed by atoms with E-state index in [1.54, 1.807) is 43.1 Å². The van der Waals surface area contributed by atoms with Gasteiger partial charge in [-0.3, -0.25) is 4.79 Å². The van der Waals surface area contributed by atoms with Gasteiger partial charge in [0.05, 0.1) is 20.8 Å². The number of carbonyl (C=O) groups excluding carboxylic acids is 2. The molecular weight excluding hydrogens is 336 g/mol. The fourth-order valence-corrected chi connectivity index (χ4v) is 2.80. The summed E-state index contributed by atoms with van der Waals surface area (Å²) in [4.78, 5) is 27.6. The van der Waals surface area contributed by atoms with Crippen LogP contribution in [0.1, 0.15) is 19.4 Å². The van der Waals surface area contributed by atoms with Crippen molar-refractivity contribution in [2.75, 3.05) is 47.0 Å². The summed E-state index contributed by atoms with van der Waals surface area (Å²) in [5.41, 5.74) is 1.65. The number of benzene rings is 1. The first-order chi connectivity index (χ1) is 12.5. The van der Waals surface area contributed by atoms with Gasteiger partial charge in [0.25, 0.3) is 0 Å². The Hall–Kier alpha value is -2.70. The molecule has 142 valence electrons. The van der Waals surface area contributed by atoms with Crippen molar-refractivity contribution in [3.8, 4) is 11.5 Å². The minimum absolute atomic E-state index is 0.0797. The standard InChI is InChI=1S/C19H26N2O5/c1-5-26-19(23)21-10-8-20(9-11-21)18(22)12-14(2)16-7-6-15(24-3)13-17(16)25-4/h6-7,12-13H,5,8-11H2,1-4H3/b14-12+. The molecule has 0 aliphatic carbocycles. The Balaban J connectivity index is 2.04. The van der Waals surface area contributed by atoms with Gasteiger partial charge in [-0.15, -0.1) is 0 Å². The molecule has 1 aliphatic rings. The quantitative estimate of drug-likeness (QED) is 0.753. The van der Waals surface area contributed by atoms with E-state index in [0.717, 1.165) is 11.1 Å². The molecule has 0 atom stereocenters. The summed E-state index contributed by atoms with van der Waals surface area (Å²) < 4.78 is 15.6. The fourth-order valence-electron chi connectivity index (χ4n) is 2.80. The Morgan fingerprint density at radius 3 is 2.31 bits per heavy atom. The first kappa shape index (κ1) is 19.6. The third-order valence-electron chi connectivity index (χ3n) is 4.29. The summed E-state index contributed by atoms with van der Waals surface area (Å²) in [7, 11) is 3.18. The molecule has 1 fully saturated rings. The van der Waals surface area contributed by atoms with Crippen LogP contribution in [0.25, 0.3) is 5.57 Å². The maximum absolute atomic E-state index is 12.6. The van der Waals surface area contributed by atoms with Gasteiger partial charge < -0.3 is 24.0 Å². The second kappa shape index (κ2) is 9.12. The average molecular weight is 362 g/mol. The average Bonchev–Trinajstić information content (AvgIpc) is 2.67. The summed E-state index contributed by atoms with van der Waals surface area (Å²) in [6.07, 6.45) is 1.28. The lowest BCUT2D eigenvalue weighted by molar-refractivity contribution is -0.127. The molecule has 0 saturated carbocycles. The van der Waals surface area contributed by atoms with Crippen molar-refractivity contribution in [1.29, 1.82) is 0 Å². The number of hydrogen-bond acceptors (Lipinski definition) is 5. The smallest absolute Gasteiger partial charge is 0.409 e. The Bertz CT molecular complexity index is 679. The molecule has 1 saturated heterocycles. The van der Waals surface area contributed by atoms with Crippen LogP contribution >= 0.6 is 0 Å². The topological polar surface area (TPSA) is 68.3 Å². The number of amides is 2. The maximum Gasteiger partial charge on any atom is 0.409 e. The van der Waals surface area contributed by atoms with Crippen molar-refractivity contribution >= 4 is 17.6 Å². The normalized spacial score (nSPS) is 14.8. The van der Waals surface area contributed by atoms with Gasteiger partial charge in [0.1, 0.15) is 11.5 Å². The minimum Gasteiger partial charge on any atom is -0.497 e. The first-order valence-electron chi connectivity index (χ1n) is 8.61. The van der Waals surface area contributed by atoms with E-state index < -0.39 is 0 Å². The third-order valence-corrected chi connectivity index (χ3v) is 4.29. The predicted octanol–water partition coefficient (Wildman–Crippen LogP) is 2.41. The van der Waals surface area contributed by atoms with Gasteiger partial charge in [0.15, 0.2) is 0 Å². The molecule has 1 aromatic carbocycles. The van der Waals surface area contributed by atoms with Gasteiger partial charge in [-0.25, -0.2) is 4.79 Å². The molecule has 0 radical (unpaired) electrons. The molecule has 26 heavy (non-hydrogen) atoms. The van der Waals surface area contributed by atoms with Crippen molar-refractivity contribution in [2.45, 2.75) is 13.8 Å². The van der Waals surface area contributed by atoms with E-state index in [2.05, 4.69) is 0 Å². The van der Waals surface area contributed by atoms with Crippen LogP contribution in [0, 0.1) is 0 Å². The van der Waals surface area contributed by atoms with E-state index in [1.807, 2.05) is 19.1 Å². The Morgan fingerprint density at radius 2 is 1.73 bits per heavy atom. The number of carbonyl (C=O) groups is 2. The monoisotopic (exact) mass is 362 g/mol. The van der Waals surface area contributed by atoms with Crippen molar-refractivity contribution < 1.29 is 23.8 Å². The number of ether oxygens (including phenoxy) is 3. The maximum atomic E-state index is 12.6. The number of hydrogen-bond donors (Lipinski definition) is 0. The van der Waals surface area contributed by atoms with Gasteiger partial charge in [0.2, 0.25) is 5.91 Å². The van der Waals surface area contributed by atoms with Crippen molar-refractivity contribution in [1.82, 2.24) is 9.80 Å². The van der Waals surface area contributed by atoms with E-state index in [9.17, 15) is 9.59 Å². The van der Waals surface area contributed by atoms with Crippen LogP contribution in [0.2, 0.25) is 0 Å². The molecule has 0 bridgehead atoms. The molecule has 0 spiro atoms. The molecule has 0 N–H and O–H groups in total. The second-order valence-electron chi connectivity index (χ2n) is 5.90. The lowest BCUT2D eigenvalue weighted by Gasteiger charge is -2.33. The first-order valence-corrected chi connectivity index (χ1v) is 8.61. The molecule has 1 aliphatic heterocycles. The van der Waals surface area contributed by atoms with Crippen LogP contribution in [-0.2, 0) is 9.53 Å². The summed E-state index contributed by atoms with van der Waals surface area (Å²) in [6.45, 7) is 5.92. The van der Waals surface area contributed by atoms with Crippen LogP contribution in [0.5, 0.6) is 11.5 Å². The molecule has 2 amide bonds. The van der Waals surface area contributed by atoms with Crippen LogP contribution in [0.15, 0.2) is 24.3 Å². The molecule has 7 nitrogen and oxygen atoms in total. The van der Waals surface area contributed by atoms with E-state index in [0.29, 0.717) is 44.3 Å². The summed E-state index contributed by atoms with van der Waals surface area (Å²) >= 11 is 0. The van der Waals surface area contributed by atoms with Gasteiger partial charge in [-0.1, -0.05) is 0 Å². The molecule has 1 aromatic rings. The highest BCUT2D eigenvalue weighted by Crippen LogP contribution is 2.30. The molecule has 0 unspecified atom stereocenters. The Labute approximate surface area is 154 Å². The second-order valence-corrected chi connectivity index (χ2v) is 5.90. The molecular formula is C19H26N2O5. The molecule has 7 heteroatoms. The minimum atomic E-state index is -0.325. The number of rotatable bonds is 5. The van der Waals surface area contributed by atoms with Gasteiger partial charge in [0, 0.05) is 43.9 Å². The van der Waals surface area contributed by atoms with Crippen molar-refractivity contribution in [3.63, 3.8) is 0 Å². The van der Waals surface area contributed by atoms with Gasteiger partial charge in [-0.05, 0) is 31.6 Å². The highest BCUT2D eigenvalue weighted by atomic mass is 16.6. The van der Waals surface area contributed by atoms with Crippen LogP contribution in [-0.4, -0.2) is 68.8 Å². The highest BCUT2D eigenvalue weighted by Gasteiger charge is 2.24. The molecule has 2 rings (SSSR count). The summed E-state index contributed by atoms with van der Waals surface area (Å²) in [6, 6.07) is 5.49. The zero-order chi connectivity index (χ0) is 19.1. The van der Waals surface area contributed by atoms with E-state index in [1.165, 1.54) is 0 Å². The van der Waals surface area contributed by atoms with Crippen molar-refractivity contribution in [2.24, 2.45) is 0 Å². The lowest BCUT2D eigenvalue weighted by Crippen LogP contribution is -2.50. The number of nitrogens with zero attached hydrogens (tertiary/aromatic N) is 2. The van der Waals surface area contributed by atoms with E-state index in [-0.39, 0.29) is 12.0 Å². The van der Waals surface area contributed by atoms with Crippen LogP contribution in [0.3, 0.4) is 0 Å². The lowest BCUT2D eigenvalue weighted by atomic mass is 10.1. The zero-order valence-electron chi connectivity index (χ0n) is 15.8. The molecule has 1 heterocycles.